The number of carbonyl (C=O) groups is 3. The van der Waals surface area contributed by atoms with Crippen molar-refractivity contribution in [1.29, 1.82) is 0 Å². The number of benzene rings is 2. The number of rotatable bonds is 9. The van der Waals surface area contributed by atoms with Crippen molar-refractivity contribution in [2.24, 2.45) is 0 Å². The van der Waals surface area contributed by atoms with Crippen LogP contribution in [0.15, 0.2) is 51.8 Å². The molecule has 0 saturated carbocycles. The Labute approximate surface area is 209 Å². The molecule has 0 spiro atoms. The number of carboxylic acids is 1. The molecule has 1 fully saturated rings. The molecular weight excluding hydrogens is 528 g/mol. The normalized spacial score (nSPS) is 14.7. The van der Waals surface area contributed by atoms with E-state index in [-0.39, 0.29) is 23.1 Å². The summed E-state index contributed by atoms with van der Waals surface area (Å²) in [6, 6.07) is 11.0. The molecule has 10 heteroatoms. The summed E-state index contributed by atoms with van der Waals surface area (Å²) in [5.74, 6) is -1.27. The molecule has 0 aromatic heterocycles. The van der Waals surface area contributed by atoms with Gasteiger partial charge in [0.15, 0.2) is 0 Å². The Morgan fingerprint density at radius 2 is 1.85 bits per heavy atom. The first-order valence-corrected chi connectivity index (χ1v) is 12.1. The molecule has 2 aromatic rings. The van der Waals surface area contributed by atoms with Crippen LogP contribution in [0.5, 0.6) is 5.75 Å². The number of nitrogens with zero attached hydrogens (tertiary/aromatic N) is 1. The monoisotopic (exact) mass is 548 g/mol. The fraction of sp³-hybridized carbons (Fsp3) is 0.217. The Balaban J connectivity index is 1.43. The molecule has 1 saturated heterocycles. The Kier molecular flexibility index (Phi) is 8.65. The number of anilines is 1. The lowest BCUT2D eigenvalue weighted by atomic mass is 10.1. The molecule has 1 heterocycles. The van der Waals surface area contributed by atoms with E-state index in [1.165, 1.54) is 23.9 Å². The van der Waals surface area contributed by atoms with Gasteiger partial charge in [-0.15, -0.1) is 0 Å². The summed E-state index contributed by atoms with van der Waals surface area (Å²) in [5.41, 5.74) is 1.24. The van der Waals surface area contributed by atoms with Crippen LogP contribution in [0.25, 0.3) is 6.08 Å². The molecule has 1 aliphatic heterocycles. The number of phenols is 1. The van der Waals surface area contributed by atoms with E-state index >= 15 is 0 Å². The maximum atomic E-state index is 12.7. The number of aromatic hydroxyl groups is 1. The smallest absolute Gasteiger partial charge is 0.335 e. The second-order valence-electron chi connectivity index (χ2n) is 7.28. The van der Waals surface area contributed by atoms with Crippen LogP contribution in [0.2, 0.25) is 0 Å². The minimum atomic E-state index is -1.02. The van der Waals surface area contributed by atoms with Crippen LogP contribution in [0, 0.1) is 0 Å². The van der Waals surface area contributed by atoms with Gasteiger partial charge in [-0.25, -0.2) is 4.79 Å². The van der Waals surface area contributed by atoms with Crippen LogP contribution < -0.4 is 5.32 Å². The average Bonchev–Trinajstić information content (AvgIpc) is 3.03. The van der Waals surface area contributed by atoms with Crippen molar-refractivity contribution in [2.75, 3.05) is 11.9 Å². The summed E-state index contributed by atoms with van der Waals surface area (Å²) in [6.07, 6.45) is 4.04. The van der Waals surface area contributed by atoms with Gasteiger partial charge in [-0.3, -0.25) is 14.5 Å². The number of carboxylic acid groups (broad SMARTS) is 1. The fourth-order valence-electron chi connectivity index (χ4n) is 3.13. The van der Waals surface area contributed by atoms with Crippen molar-refractivity contribution in [3.05, 3.63) is 63.0 Å². The summed E-state index contributed by atoms with van der Waals surface area (Å²) in [4.78, 5) is 37.7. The molecule has 2 amide bonds. The summed E-state index contributed by atoms with van der Waals surface area (Å²) >= 11 is 9.90. The number of amides is 2. The number of hydrogen-bond donors (Lipinski definition) is 3. The third-order valence-corrected chi connectivity index (χ3v) is 6.72. The highest BCUT2D eigenvalue weighted by Gasteiger charge is 2.31. The molecule has 172 valence electrons. The second-order valence-corrected chi connectivity index (χ2v) is 9.87. The minimum absolute atomic E-state index is 0.0829. The molecule has 0 radical (unpaired) electrons. The van der Waals surface area contributed by atoms with Gasteiger partial charge in [0.25, 0.3) is 5.91 Å². The van der Waals surface area contributed by atoms with Crippen LogP contribution in [-0.4, -0.2) is 43.8 Å². The molecule has 3 N–H and O–H groups in total. The van der Waals surface area contributed by atoms with Crippen LogP contribution in [0.1, 0.15) is 41.6 Å². The zero-order valence-electron chi connectivity index (χ0n) is 17.4. The average molecular weight is 549 g/mol. The standard InChI is InChI=1S/C23H21BrN2O5S2/c24-16-7-10-18(27)15(12-16)13-19-21(29)26(23(32)33-19)11-3-1-2-4-20(28)25-17-8-5-14(6-9-17)22(30)31/h5-10,12-13,27H,1-4,11H2,(H,25,28)(H,30,31)/b19-13-. The zero-order chi connectivity index (χ0) is 24.0. The molecular formula is C23H21BrN2O5S2. The number of phenolic OH excluding ortho intramolecular Hbond substituents is 1. The van der Waals surface area contributed by atoms with Gasteiger partial charge in [0.2, 0.25) is 5.91 Å². The van der Waals surface area contributed by atoms with Crippen molar-refractivity contribution in [2.45, 2.75) is 25.7 Å². The van der Waals surface area contributed by atoms with Crippen LogP contribution in [0.4, 0.5) is 5.69 Å². The Morgan fingerprint density at radius 3 is 2.55 bits per heavy atom. The Hall–Kier alpha value is -2.69. The summed E-state index contributed by atoms with van der Waals surface area (Å²) in [5, 5.41) is 21.6. The van der Waals surface area contributed by atoms with Gasteiger partial charge in [0, 0.05) is 28.7 Å². The predicted octanol–water partition coefficient (Wildman–Crippen LogP) is 5.25. The lowest BCUT2D eigenvalue weighted by molar-refractivity contribution is -0.122. The zero-order valence-corrected chi connectivity index (χ0v) is 20.6. The van der Waals surface area contributed by atoms with Crippen molar-refractivity contribution < 1.29 is 24.6 Å². The van der Waals surface area contributed by atoms with E-state index in [0.29, 0.717) is 46.3 Å². The van der Waals surface area contributed by atoms with Gasteiger partial charge in [-0.05, 0) is 61.4 Å². The number of thioether (sulfide) groups is 1. The third kappa shape index (κ3) is 6.89. The van der Waals surface area contributed by atoms with Crippen molar-refractivity contribution in [3.63, 3.8) is 0 Å². The molecule has 2 aromatic carbocycles. The van der Waals surface area contributed by atoms with Gasteiger partial charge in [-0.2, -0.15) is 0 Å². The largest absolute Gasteiger partial charge is 0.507 e. The molecule has 0 bridgehead atoms. The molecule has 7 nitrogen and oxygen atoms in total. The van der Waals surface area contributed by atoms with E-state index in [0.717, 1.165) is 10.9 Å². The SMILES string of the molecule is O=C(CCCCCN1C(=O)/C(=C/c2cc(Br)ccc2O)SC1=S)Nc1ccc(C(=O)O)cc1. The Morgan fingerprint density at radius 1 is 1.12 bits per heavy atom. The first-order valence-electron chi connectivity index (χ1n) is 10.1. The second kappa shape index (κ2) is 11.4. The van der Waals surface area contributed by atoms with E-state index in [9.17, 15) is 19.5 Å². The van der Waals surface area contributed by atoms with Gasteiger partial charge < -0.3 is 15.5 Å². The lowest BCUT2D eigenvalue weighted by Crippen LogP contribution is -2.29. The molecule has 0 atom stereocenters. The number of hydrogen-bond acceptors (Lipinski definition) is 6. The molecule has 33 heavy (non-hydrogen) atoms. The van der Waals surface area contributed by atoms with E-state index in [1.54, 1.807) is 41.3 Å². The van der Waals surface area contributed by atoms with Gasteiger partial charge >= 0.3 is 5.97 Å². The fourth-order valence-corrected chi connectivity index (χ4v) is 4.81. The number of unbranched alkanes of at least 4 members (excludes halogenated alkanes) is 2. The maximum Gasteiger partial charge on any atom is 0.335 e. The summed E-state index contributed by atoms with van der Waals surface area (Å²) in [6.45, 7) is 0.463. The number of aromatic carboxylic acids is 1. The quantitative estimate of drug-likeness (QED) is 0.223. The number of carbonyl (C=O) groups excluding carboxylic acids is 2. The molecule has 0 aliphatic carbocycles. The van der Waals surface area contributed by atoms with Crippen LogP contribution in [0.3, 0.4) is 0 Å². The van der Waals surface area contributed by atoms with Crippen molar-refractivity contribution in [3.8, 4) is 5.75 Å². The van der Waals surface area contributed by atoms with Crippen molar-refractivity contribution in [1.82, 2.24) is 4.90 Å². The third-order valence-electron chi connectivity index (χ3n) is 4.85. The van der Waals surface area contributed by atoms with Crippen molar-refractivity contribution >= 4 is 73.8 Å². The van der Waals surface area contributed by atoms with Gasteiger partial charge in [0.05, 0.1) is 10.5 Å². The summed E-state index contributed by atoms with van der Waals surface area (Å²) < 4.78 is 1.27. The minimum Gasteiger partial charge on any atom is -0.507 e. The maximum absolute atomic E-state index is 12.7. The number of halogens is 1. The predicted molar refractivity (Wildman–Crippen MR) is 136 cm³/mol. The highest BCUT2D eigenvalue weighted by Crippen LogP contribution is 2.35. The first kappa shape index (κ1) is 24.9. The van der Waals surface area contributed by atoms with Gasteiger partial charge in [-0.1, -0.05) is 46.3 Å². The highest BCUT2D eigenvalue weighted by molar-refractivity contribution is 9.10. The van der Waals surface area contributed by atoms with Gasteiger partial charge in [0.1, 0.15) is 10.1 Å². The lowest BCUT2D eigenvalue weighted by Gasteiger charge is -2.14. The number of nitrogens with one attached hydrogen (secondary N) is 1. The van der Waals surface area contributed by atoms with E-state index in [4.69, 9.17) is 17.3 Å². The topological polar surface area (TPSA) is 107 Å². The van der Waals surface area contributed by atoms with E-state index < -0.39 is 5.97 Å². The first-order chi connectivity index (χ1) is 15.7. The summed E-state index contributed by atoms with van der Waals surface area (Å²) in [7, 11) is 0. The number of thiocarbonyl (C=S) groups is 1. The van der Waals surface area contributed by atoms with E-state index in [1.807, 2.05) is 0 Å². The molecule has 3 rings (SSSR count). The van der Waals surface area contributed by atoms with Crippen LogP contribution >= 0.6 is 39.9 Å². The molecule has 0 unspecified atom stereocenters. The van der Waals surface area contributed by atoms with Crippen LogP contribution in [-0.2, 0) is 9.59 Å². The Bertz CT molecular complexity index is 1120. The molecule has 1 aliphatic rings. The highest BCUT2D eigenvalue weighted by atomic mass is 79.9. The van der Waals surface area contributed by atoms with E-state index in [2.05, 4.69) is 21.2 Å².